The molecule has 15 heavy (non-hydrogen) atoms. The maximum Gasteiger partial charge on any atom is 0.258 e. The molecule has 0 aliphatic heterocycles. The molecule has 0 unspecified atom stereocenters. The molecule has 1 heterocycles. The molecular weight excluding hydrogens is 190 g/mol. The third-order valence-corrected chi connectivity index (χ3v) is 2.29. The van der Waals surface area contributed by atoms with E-state index in [0.29, 0.717) is 5.39 Å². The van der Waals surface area contributed by atoms with Crippen LogP contribution in [0.5, 0.6) is 0 Å². The first-order valence-electron chi connectivity index (χ1n) is 5.11. The first-order chi connectivity index (χ1) is 7.31. The summed E-state index contributed by atoms with van der Waals surface area (Å²) in [5, 5.41) is 2.74. The Balaban J connectivity index is 2.48. The number of para-hydroxylation sites is 1. The molecule has 0 saturated carbocycles. The van der Waals surface area contributed by atoms with E-state index in [0.717, 1.165) is 24.4 Å². The highest BCUT2D eigenvalue weighted by Gasteiger charge is 2.03. The number of rotatable bonds is 3. The zero-order valence-corrected chi connectivity index (χ0v) is 8.66. The molecule has 4 heteroatoms. The SMILES string of the molecule is CC[NH2+]Cc1nc2ccccc2c(=O)[nH]1. The summed E-state index contributed by atoms with van der Waals surface area (Å²) in [6, 6.07) is 7.38. The van der Waals surface area contributed by atoms with E-state index in [4.69, 9.17) is 0 Å². The lowest BCUT2D eigenvalue weighted by atomic mass is 10.2. The second-order valence-electron chi connectivity index (χ2n) is 3.43. The summed E-state index contributed by atoms with van der Waals surface area (Å²) in [6.45, 7) is 3.77. The van der Waals surface area contributed by atoms with Gasteiger partial charge in [-0.25, -0.2) is 4.98 Å². The first-order valence-corrected chi connectivity index (χ1v) is 5.11. The van der Waals surface area contributed by atoms with Gasteiger partial charge >= 0.3 is 0 Å². The number of quaternary nitrogens is 1. The standard InChI is InChI=1S/C11H13N3O/c1-2-12-7-10-13-9-6-4-3-5-8(9)11(15)14-10/h3-6,12H,2,7H2,1H3,(H,13,14,15)/p+1. The third-order valence-electron chi connectivity index (χ3n) is 2.29. The van der Waals surface area contributed by atoms with Crippen molar-refractivity contribution in [1.82, 2.24) is 9.97 Å². The lowest BCUT2D eigenvalue weighted by Crippen LogP contribution is -2.82. The molecule has 3 N–H and O–H groups in total. The maximum absolute atomic E-state index is 11.7. The van der Waals surface area contributed by atoms with E-state index in [1.54, 1.807) is 6.07 Å². The monoisotopic (exact) mass is 204 g/mol. The van der Waals surface area contributed by atoms with E-state index in [2.05, 4.69) is 22.2 Å². The molecule has 1 aromatic heterocycles. The molecule has 0 amide bonds. The van der Waals surface area contributed by atoms with Gasteiger partial charge < -0.3 is 10.3 Å². The summed E-state index contributed by atoms with van der Waals surface area (Å²) in [7, 11) is 0. The normalized spacial score (nSPS) is 10.7. The van der Waals surface area contributed by atoms with Gasteiger partial charge in [0.05, 0.1) is 17.4 Å². The maximum atomic E-state index is 11.7. The Morgan fingerprint density at radius 2 is 2.20 bits per heavy atom. The van der Waals surface area contributed by atoms with Gasteiger partial charge in [0.2, 0.25) is 0 Å². The minimum absolute atomic E-state index is 0.0555. The minimum Gasteiger partial charge on any atom is -0.340 e. The fourth-order valence-electron chi connectivity index (χ4n) is 1.51. The number of hydrogen-bond acceptors (Lipinski definition) is 2. The van der Waals surface area contributed by atoms with Gasteiger partial charge in [0.15, 0.2) is 5.82 Å². The van der Waals surface area contributed by atoms with Crippen molar-refractivity contribution in [3.05, 3.63) is 40.4 Å². The fourth-order valence-corrected chi connectivity index (χ4v) is 1.51. The summed E-state index contributed by atoms with van der Waals surface area (Å²) in [6.07, 6.45) is 0. The zero-order chi connectivity index (χ0) is 10.7. The Morgan fingerprint density at radius 1 is 1.40 bits per heavy atom. The quantitative estimate of drug-likeness (QED) is 0.739. The summed E-state index contributed by atoms with van der Waals surface area (Å²) >= 11 is 0. The number of nitrogens with zero attached hydrogens (tertiary/aromatic N) is 1. The van der Waals surface area contributed by atoms with Gasteiger partial charge in [0.1, 0.15) is 6.54 Å². The van der Waals surface area contributed by atoms with Crippen LogP contribution >= 0.6 is 0 Å². The molecule has 4 nitrogen and oxygen atoms in total. The number of fused-ring (bicyclic) bond motifs is 1. The van der Waals surface area contributed by atoms with Crippen molar-refractivity contribution in [2.24, 2.45) is 0 Å². The van der Waals surface area contributed by atoms with E-state index in [1.807, 2.05) is 18.2 Å². The summed E-state index contributed by atoms with van der Waals surface area (Å²) in [5.74, 6) is 0.737. The van der Waals surface area contributed by atoms with Gasteiger partial charge in [0.25, 0.3) is 5.56 Å². The van der Waals surface area contributed by atoms with Crippen LogP contribution in [0, 0.1) is 0 Å². The molecule has 0 saturated heterocycles. The molecule has 0 aliphatic rings. The van der Waals surface area contributed by atoms with E-state index >= 15 is 0 Å². The number of aromatic nitrogens is 2. The van der Waals surface area contributed by atoms with Crippen LogP contribution in [0.4, 0.5) is 0 Å². The van der Waals surface area contributed by atoms with Crippen LogP contribution in [0.25, 0.3) is 10.9 Å². The molecule has 2 rings (SSSR count). The number of benzene rings is 1. The van der Waals surface area contributed by atoms with Crippen molar-refractivity contribution in [2.75, 3.05) is 6.54 Å². The molecule has 78 valence electrons. The Hall–Kier alpha value is -1.68. The molecule has 0 bridgehead atoms. The minimum atomic E-state index is -0.0555. The second kappa shape index (κ2) is 4.23. The smallest absolute Gasteiger partial charge is 0.258 e. The van der Waals surface area contributed by atoms with E-state index in [-0.39, 0.29) is 5.56 Å². The predicted octanol–water partition coefficient (Wildman–Crippen LogP) is 0.00640. The van der Waals surface area contributed by atoms with Crippen LogP contribution in [-0.2, 0) is 6.54 Å². The van der Waals surface area contributed by atoms with Gasteiger partial charge in [-0.2, -0.15) is 0 Å². The van der Waals surface area contributed by atoms with Crippen molar-refractivity contribution in [3.8, 4) is 0 Å². The molecule has 0 radical (unpaired) electrons. The topological polar surface area (TPSA) is 62.4 Å². The van der Waals surface area contributed by atoms with Crippen LogP contribution in [0.1, 0.15) is 12.7 Å². The molecule has 0 fully saturated rings. The Kier molecular flexibility index (Phi) is 2.78. The first kappa shape index (κ1) is 9.86. The van der Waals surface area contributed by atoms with Crippen LogP contribution in [-0.4, -0.2) is 16.5 Å². The van der Waals surface area contributed by atoms with Crippen LogP contribution < -0.4 is 10.9 Å². The number of nitrogens with two attached hydrogens (primary N) is 1. The van der Waals surface area contributed by atoms with E-state index < -0.39 is 0 Å². The number of H-pyrrole nitrogens is 1. The van der Waals surface area contributed by atoms with E-state index in [9.17, 15) is 4.79 Å². The highest BCUT2D eigenvalue weighted by molar-refractivity contribution is 5.77. The number of aromatic amines is 1. The number of nitrogens with one attached hydrogen (secondary N) is 1. The van der Waals surface area contributed by atoms with Crippen molar-refractivity contribution >= 4 is 10.9 Å². The average molecular weight is 204 g/mol. The molecule has 2 aromatic rings. The molecular formula is C11H14N3O+. The highest BCUT2D eigenvalue weighted by atomic mass is 16.1. The Morgan fingerprint density at radius 3 is 3.00 bits per heavy atom. The largest absolute Gasteiger partial charge is 0.340 e. The molecule has 0 atom stereocenters. The number of hydrogen-bond donors (Lipinski definition) is 2. The van der Waals surface area contributed by atoms with Gasteiger partial charge in [-0.3, -0.25) is 4.79 Å². The average Bonchev–Trinajstić information content (AvgIpc) is 2.26. The van der Waals surface area contributed by atoms with Crippen LogP contribution in [0.15, 0.2) is 29.1 Å². The lowest BCUT2D eigenvalue weighted by molar-refractivity contribution is -0.668. The van der Waals surface area contributed by atoms with Gasteiger partial charge in [-0.15, -0.1) is 0 Å². The third kappa shape index (κ3) is 2.05. The zero-order valence-electron chi connectivity index (χ0n) is 8.66. The Bertz CT molecular complexity index is 518. The van der Waals surface area contributed by atoms with Crippen LogP contribution in [0.2, 0.25) is 0 Å². The molecule has 0 spiro atoms. The van der Waals surface area contributed by atoms with Gasteiger partial charge in [-0.1, -0.05) is 12.1 Å². The van der Waals surface area contributed by atoms with Gasteiger partial charge in [0, 0.05) is 0 Å². The Labute approximate surface area is 87.4 Å². The molecule has 1 aromatic carbocycles. The van der Waals surface area contributed by atoms with Crippen LogP contribution in [0.3, 0.4) is 0 Å². The summed E-state index contributed by atoms with van der Waals surface area (Å²) in [5.41, 5.74) is 0.709. The summed E-state index contributed by atoms with van der Waals surface area (Å²) in [4.78, 5) is 18.8. The van der Waals surface area contributed by atoms with Crippen molar-refractivity contribution in [3.63, 3.8) is 0 Å². The van der Waals surface area contributed by atoms with Gasteiger partial charge in [-0.05, 0) is 19.1 Å². The van der Waals surface area contributed by atoms with Crippen molar-refractivity contribution in [2.45, 2.75) is 13.5 Å². The lowest BCUT2D eigenvalue weighted by Gasteiger charge is -2.00. The predicted molar refractivity (Wildman–Crippen MR) is 58.5 cm³/mol. The van der Waals surface area contributed by atoms with Crippen molar-refractivity contribution in [1.29, 1.82) is 0 Å². The van der Waals surface area contributed by atoms with E-state index in [1.165, 1.54) is 0 Å². The molecule has 0 aliphatic carbocycles. The fraction of sp³-hybridized carbons (Fsp3) is 0.273. The van der Waals surface area contributed by atoms with Crippen molar-refractivity contribution < 1.29 is 5.32 Å². The summed E-state index contributed by atoms with van der Waals surface area (Å²) < 4.78 is 0. The second-order valence-corrected chi connectivity index (χ2v) is 3.43. The highest BCUT2D eigenvalue weighted by Crippen LogP contribution is 2.04.